The molecule has 2 aromatic heterocycles. The molecule has 8 atom stereocenters. The van der Waals surface area contributed by atoms with Crippen LogP contribution in [-0.4, -0.2) is 184 Å². The molecule has 26 heteroatoms. The Morgan fingerprint density at radius 2 is 0.696 bits per heavy atom. The summed E-state index contributed by atoms with van der Waals surface area (Å²) in [7, 11) is -2.84. The molecule has 1 saturated heterocycles. The Morgan fingerprint density at radius 1 is 0.413 bits per heavy atom. The van der Waals surface area contributed by atoms with Crippen LogP contribution in [0.2, 0.25) is 0 Å². The van der Waals surface area contributed by atoms with Gasteiger partial charge in [-0.25, -0.2) is 45.5 Å². The molecule has 5 rings (SSSR count). The molecular weight excluding hydrogens is 1220 g/mol. The van der Waals surface area contributed by atoms with E-state index in [2.05, 4.69) is 19.4 Å². The molecule has 0 spiro atoms. The van der Waals surface area contributed by atoms with Gasteiger partial charge in [0.2, 0.25) is 20.0 Å². The summed E-state index contributed by atoms with van der Waals surface area (Å²) in [5.41, 5.74) is 2.04. The Labute approximate surface area is 542 Å². The fourth-order valence-corrected chi connectivity index (χ4v) is 12.5. The highest BCUT2D eigenvalue weighted by Crippen LogP contribution is 2.25. The van der Waals surface area contributed by atoms with Crippen molar-refractivity contribution in [1.82, 2.24) is 39.0 Å². The Bertz CT molecular complexity index is 3140. The molecule has 92 heavy (non-hydrogen) atoms. The van der Waals surface area contributed by atoms with Gasteiger partial charge in [-0.1, -0.05) is 91.8 Å². The maximum absolute atomic E-state index is 15.1. The first-order valence-corrected chi connectivity index (χ1v) is 34.0. The summed E-state index contributed by atoms with van der Waals surface area (Å²) < 4.78 is 82.8. The van der Waals surface area contributed by atoms with Gasteiger partial charge in [0, 0.05) is 90.7 Å². The van der Waals surface area contributed by atoms with Gasteiger partial charge in [-0.15, -0.1) is 0 Å². The van der Waals surface area contributed by atoms with Crippen LogP contribution in [0.5, 0.6) is 0 Å². The van der Waals surface area contributed by atoms with Gasteiger partial charge in [-0.2, -0.15) is 0 Å². The maximum Gasteiger partial charge on any atom is 0.329 e. The predicted octanol–water partition coefficient (Wildman–Crippen LogP) is 5.50. The topological polar surface area (TPSA) is 305 Å². The van der Waals surface area contributed by atoms with Crippen molar-refractivity contribution < 1.29 is 74.1 Å². The lowest BCUT2D eigenvalue weighted by atomic mass is 10.00. The van der Waals surface area contributed by atoms with E-state index >= 15 is 9.59 Å². The second-order valence-corrected chi connectivity index (χ2v) is 28.6. The number of likely N-dealkylation sites (N-methyl/N-ethyl adjacent to an activating group) is 4. The molecule has 3 heterocycles. The highest BCUT2D eigenvalue weighted by molar-refractivity contribution is 7.89. The van der Waals surface area contributed by atoms with E-state index in [0.717, 1.165) is 19.6 Å². The number of ether oxygens (including phenoxy) is 4. The number of cyclic esters (lactones) is 4. The van der Waals surface area contributed by atoms with Crippen LogP contribution >= 0.6 is 0 Å². The van der Waals surface area contributed by atoms with Gasteiger partial charge in [-0.3, -0.25) is 29.1 Å². The zero-order valence-corrected chi connectivity index (χ0v) is 56.9. The molecule has 0 aliphatic carbocycles. The average Bonchev–Trinajstić information content (AvgIpc) is 0.910. The van der Waals surface area contributed by atoms with Gasteiger partial charge >= 0.3 is 23.9 Å². The number of aromatic nitrogens is 2. The first-order valence-electron chi connectivity index (χ1n) is 31.1. The van der Waals surface area contributed by atoms with Crippen LogP contribution < -0.4 is 9.44 Å². The SMILES string of the molecule is CC(C)C[C@H]1C(=O)O[C@H](Cc2ccc(S(=O)(=O)NCCc3ccccn3)cc2)C(=O)N(C)[C@@H](CC(C)C)C(=O)O[C@H](C)C(=O)N(C)[C@@H](CC(C)C)C(=O)O[C@H](Cc2ccc(S(=O)(=O)NCCc3ccccn3)cc2)C(=O)N(C)[C@@H](CC(C)C)C(=O)O[C@H](C)C(=O)N1C. The maximum atomic E-state index is 15.1. The summed E-state index contributed by atoms with van der Waals surface area (Å²) in [4.78, 5) is 130. The minimum atomic E-state index is -4.03. The molecule has 0 bridgehead atoms. The van der Waals surface area contributed by atoms with Gasteiger partial charge in [-0.05, 0) is 123 Å². The second-order valence-electron chi connectivity index (χ2n) is 25.0. The zero-order chi connectivity index (χ0) is 68.4. The lowest BCUT2D eigenvalue weighted by Gasteiger charge is -2.35. The highest BCUT2D eigenvalue weighted by atomic mass is 32.2. The minimum absolute atomic E-state index is 0.0194. The summed E-state index contributed by atoms with van der Waals surface area (Å²) in [6.45, 7) is 17.0. The van der Waals surface area contributed by atoms with E-state index in [1.807, 2.05) is 0 Å². The van der Waals surface area contributed by atoms with Gasteiger partial charge < -0.3 is 38.5 Å². The summed E-state index contributed by atoms with van der Waals surface area (Å²) >= 11 is 0. The molecule has 504 valence electrons. The molecule has 24 nitrogen and oxygen atoms in total. The molecule has 0 radical (unpaired) electrons. The number of amides is 4. The number of carbonyl (C=O) groups is 8. The van der Waals surface area contributed by atoms with Crippen molar-refractivity contribution in [3.63, 3.8) is 0 Å². The van der Waals surface area contributed by atoms with Gasteiger partial charge in [0.1, 0.15) is 24.2 Å². The number of hydrogen-bond donors (Lipinski definition) is 2. The first-order chi connectivity index (χ1) is 43.2. The van der Waals surface area contributed by atoms with Crippen LogP contribution in [0, 0.1) is 23.7 Å². The quantitative estimate of drug-likeness (QED) is 0.0725. The molecule has 2 aromatic carbocycles. The fraction of sp³-hybridized carbons (Fsp3) is 0.545. The Balaban J connectivity index is 1.56. The normalized spacial score (nSPS) is 22.0. The highest BCUT2D eigenvalue weighted by Gasteiger charge is 2.43. The molecule has 1 fully saturated rings. The molecule has 0 saturated carbocycles. The number of esters is 4. The van der Waals surface area contributed by atoms with E-state index in [9.17, 15) is 45.6 Å². The molecule has 1 aliphatic heterocycles. The monoisotopic (exact) mass is 1320 g/mol. The fourth-order valence-electron chi connectivity index (χ4n) is 10.4. The number of benzene rings is 2. The number of carbonyl (C=O) groups excluding carboxylic acids is 8. The Morgan fingerprint density at radius 3 is 0.967 bits per heavy atom. The van der Waals surface area contributed by atoms with Crippen molar-refractivity contribution in [3.05, 3.63) is 120 Å². The van der Waals surface area contributed by atoms with Crippen LogP contribution in [0.1, 0.15) is 117 Å². The van der Waals surface area contributed by atoms with Crippen LogP contribution in [0.3, 0.4) is 0 Å². The van der Waals surface area contributed by atoms with Crippen molar-refractivity contribution >= 4 is 67.6 Å². The average molecular weight is 1320 g/mol. The van der Waals surface area contributed by atoms with Crippen LogP contribution in [-0.2, 0) is 103 Å². The number of pyridine rings is 2. The van der Waals surface area contributed by atoms with E-state index in [1.54, 1.807) is 104 Å². The van der Waals surface area contributed by atoms with Gasteiger partial charge in [0.25, 0.3) is 23.6 Å². The summed E-state index contributed by atoms with van der Waals surface area (Å²) in [6.07, 6.45) is -3.57. The smallest absolute Gasteiger partial charge is 0.329 e. The Hall–Kier alpha value is -7.68. The van der Waals surface area contributed by atoms with Crippen LogP contribution in [0.25, 0.3) is 0 Å². The molecule has 4 amide bonds. The second kappa shape index (κ2) is 34.3. The van der Waals surface area contributed by atoms with Crippen molar-refractivity contribution in [1.29, 1.82) is 0 Å². The van der Waals surface area contributed by atoms with Crippen molar-refractivity contribution in [2.45, 2.75) is 179 Å². The van der Waals surface area contributed by atoms with Gasteiger partial charge in [0.05, 0.1) is 9.79 Å². The standard InChI is InChI=1S/C66H92N8O16S2/c1-41(2)35-53-63(79)87-45(9)59(75)71(11)56(38-44(7)8)66(82)90-58(40-48-23-27-52(28-24-48)92(85,86)70-34-30-50-20-16-18-32-68-50)62(78)74(14)54(36-42(3)4)64(80)88-46(10)60(76)72(12)55(37-43(5)6)65(81)89-57(61(77)73(53)13)39-47-21-25-51(26-22-47)91(83,84)69-33-29-49-19-15-17-31-67-49/h15-28,31-32,41-46,53-58,69-70H,29-30,33-40H2,1-14H3/t45-,46-,53+,54+,55+,56+,57-,58-/m1/s1. The number of nitrogens with zero attached hydrogens (tertiary/aromatic N) is 6. The first kappa shape index (κ1) is 75.0. The molecule has 2 N–H and O–H groups in total. The minimum Gasteiger partial charge on any atom is -0.451 e. The largest absolute Gasteiger partial charge is 0.451 e. The zero-order valence-electron chi connectivity index (χ0n) is 55.3. The lowest BCUT2D eigenvalue weighted by Crippen LogP contribution is -2.55. The van der Waals surface area contributed by atoms with E-state index in [-0.39, 0.29) is 85.1 Å². The van der Waals surface area contributed by atoms with E-state index in [4.69, 9.17) is 18.9 Å². The third-order valence-corrected chi connectivity index (χ3v) is 18.5. The Kier molecular flexibility index (Phi) is 28.0. The van der Waals surface area contributed by atoms with E-state index in [1.165, 1.54) is 90.6 Å². The number of sulfonamides is 2. The summed E-state index contributed by atoms with van der Waals surface area (Å²) in [6, 6.07) is 16.1. The number of rotatable bonds is 22. The van der Waals surface area contributed by atoms with Gasteiger partial charge in [0.15, 0.2) is 24.4 Å². The summed E-state index contributed by atoms with van der Waals surface area (Å²) in [5, 5.41) is 0. The number of hydrogen-bond acceptors (Lipinski definition) is 18. The molecular formula is C66H92N8O16S2. The predicted molar refractivity (Wildman–Crippen MR) is 341 cm³/mol. The molecule has 1 aliphatic rings. The lowest BCUT2D eigenvalue weighted by molar-refractivity contribution is -0.176. The molecule has 0 unspecified atom stereocenters. The van der Waals surface area contributed by atoms with E-state index < -0.39 is 116 Å². The third kappa shape index (κ3) is 21.7. The third-order valence-electron chi connectivity index (χ3n) is 15.6. The van der Waals surface area contributed by atoms with Crippen LogP contribution in [0.15, 0.2) is 107 Å². The van der Waals surface area contributed by atoms with Crippen molar-refractivity contribution in [2.24, 2.45) is 23.7 Å². The van der Waals surface area contributed by atoms with Crippen molar-refractivity contribution in [2.75, 3.05) is 41.3 Å². The van der Waals surface area contributed by atoms with E-state index in [0.29, 0.717) is 35.4 Å². The molecule has 4 aromatic rings. The number of nitrogens with one attached hydrogen (secondary N) is 2. The van der Waals surface area contributed by atoms with Crippen molar-refractivity contribution in [3.8, 4) is 0 Å². The van der Waals surface area contributed by atoms with Crippen LogP contribution in [0.4, 0.5) is 0 Å². The summed E-state index contributed by atoms with van der Waals surface area (Å²) in [5.74, 6) is -8.75.